The number of ether oxygens (including phenoxy) is 1. The number of rotatable bonds is 1. The van der Waals surface area contributed by atoms with Crippen LogP contribution >= 0.6 is 0 Å². The molecule has 0 amide bonds. The minimum absolute atomic E-state index is 0.344. The molecule has 92 valence electrons. The number of hydrogen-bond acceptors (Lipinski definition) is 4. The van der Waals surface area contributed by atoms with Gasteiger partial charge < -0.3 is 9.64 Å². The fourth-order valence-electron chi connectivity index (χ4n) is 2.75. The Balaban J connectivity index is 1.79. The summed E-state index contributed by atoms with van der Waals surface area (Å²) in [4.78, 5) is 9.33. The van der Waals surface area contributed by atoms with Gasteiger partial charge in [0, 0.05) is 25.3 Å². The summed E-state index contributed by atoms with van der Waals surface area (Å²) in [5.74, 6) is 1.08. The van der Waals surface area contributed by atoms with Gasteiger partial charge in [-0.25, -0.2) is 4.98 Å². The first-order valence-electron chi connectivity index (χ1n) is 6.24. The molecule has 17 heavy (non-hydrogen) atoms. The SMILES string of the molecule is Cc1cccc(N2C[C@H]3OCCN(C)[C@H]3C2)n1. The molecule has 3 heterocycles. The van der Waals surface area contributed by atoms with Crippen LogP contribution in [0.2, 0.25) is 0 Å². The predicted molar refractivity (Wildman–Crippen MR) is 67.3 cm³/mol. The molecule has 2 aliphatic rings. The summed E-state index contributed by atoms with van der Waals surface area (Å²) in [5.41, 5.74) is 1.08. The molecule has 0 saturated carbocycles. The van der Waals surface area contributed by atoms with Crippen LogP contribution in [0.3, 0.4) is 0 Å². The van der Waals surface area contributed by atoms with Gasteiger partial charge in [-0.05, 0) is 26.1 Å². The Kier molecular flexibility index (Phi) is 2.76. The van der Waals surface area contributed by atoms with Gasteiger partial charge >= 0.3 is 0 Å². The summed E-state index contributed by atoms with van der Waals surface area (Å²) in [7, 11) is 2.19. The van der Waals surface area contributed by atoms with Crippen LogP contribution in [0.4, 0.5) is 5.82 Å². The summed E-state index contributed by atoms with van der Waals surface area (Å²) in [6.07, 6.45) is 0.344. The Morgan fingerprint density at radius 1 is 1.35 bits per heavy atom. The standard InChI is InChI=1S/C13H19N3O/c1-10-4-3-5-13(14-10)16-8-11-12(9-16)17-7-6-15(11)2/h3-5,11-12H,6-9H2,1-2H3/t11-,12+/m0/s1. The molecule has 0 aliphatic carbocycles. The quantitative estimate of drug-likeness (QED) is 0.721. The molecule has 3 rings (SSSR count). The van der Waals surface area contributed by atoms with Crippen molar-refractivity contribution in [2.75, 3.05) is 38.2 Å². The Bertz CT molecular complexity index is 409. The molecule has 0 spiro atoms. The summed E-state index contributed by atoms with van der Waals surface area (Å²) < 4.78 is 5.84. The third kappa shape index (κ3) is 2.03. The van der Waals surface area contributed by atoms with Crippen molar-refractivity contribution in [2.45, 2.75) is 19.1 Å². The average molecular weight is 233 g/mol. The Labute approximate surface area is 102 Å². The van der Waals surface area contributed by atoms with Crippen molar-refractivity contribution in [1.82, 2.24) is 9.88 Å². The number of fused-ring (bicyclic) bond motifs is 1. The van der Waals surface area contributed by atoms with Gasteiger partial charge in [0.25, 0.3) is 0 Å². The third-order valence-corrected chi connectivity index (χ3v) is 3.78. The maximum Gasteiger partial charge on any atom is 0.128 e. The van der Waals surface area contributed by atoms with E-state index in [-0.39, 0.29) is 0 Å². The first-order chi connectivity index (χ1) is 8.24. The van der Waals surface area contributed by atoms with Crippen molar-refractivity contribution in [3.8, 4) is 0 Å². The van der Waals surface area contributed by atoms with E-state index in [0.29, 0.717) is 12.1 Å². The number of aryl methyl sites for hydroxylation is 1. The Morgan fingerprint density at radius 2 is 2.24 bits per heavy atom. The largest absolute Gasteiger partial charge is 0.373 e. The smallest absolute Gasteiger partial charge is 0.128 e. The lowest BCUT2D eigenvalue weighted by atomic mass is 10.1. The van der Waals surface area contributed by atoms with Gasteiger partial charge in [-0.2, -0.15) is 0 Å². The van der Waals surface area contributed by atoms with Gasteiger partial charge in [0.15, 0.2) is 0 Å². The molecule has 2 aliphatic heterocycles. The van der Waals surface area contributed by atoms with E-state index in [1.165, 1.54) is 0 Å². The predicted octanol–water partition coefficient (Wildman–Crippen LogP) is 0.909. The molecule has 4 heteroatoms. The van der Waals surface area contributed by atoms with Crippen molar-refractivity contribution in [2.24, 2.45) is 0 Å². The van der Waals surface area contributed by atoms with Crippen LogP contribution in [0, 0.1) is 6.92 Å². The van der Waals surface area contributed by atoms with Crippen molar-refractivity contribution < 1.29 is 4.74 Å². The van der Waals surface area contributed by atoms with Gasteiger partial charge in [0.05, 0.1) is 18.8 Å². The number of nitrogens with zero attached hydrogens (tertiary/aromatic N) is 3. The highest BCUT2D eigenvalue weighted by Crippen LogP contribution is 2.25. The van der Waals surface area contributed by atoms with Crippen molar-refractivity contribution >= 4 is 5.82 Å². The lowest BCUT2D eigenvalue weighted by Crippen LogP contribution is -2.48. The molecular weight excluding hydrogens is 214 g/mol. The van der Waals surface area contributed by atoms with E-state index in [0.717, 1.165) is 37.8 Å². The maximum atomic E-state index is 5.84. The van der Waals surface area contributed by atoms with Gasteiger partial charge in [0.1, 0.15) is 5.82 Å². The molecule has 0 aromatic carbocycles. The second-order valence-corrected chi connectivity index (χ2v) is 5.00. The monoisotopic (exact) mass is 233 g/mol. The molecule has 2 atom stereocenters. The topological polar surface area (TPSA) is 28.6 Å². The minimum Gasteiger partial charge on any atom is -0.373 e. The van der Waals surface area contributed by atoms with Crippen molar-refractivity contribution in [1.29, 1.82) is 0 Å². The zero-order valence-electron chi connectivity index (χ0n) is 10.5. The highest BCUT2D eigenvalue weighted by Gasteiger charge is 2.38. The lowest BCUT2D eigenvalue weighted by molar-refractivity contribution is -0.0362. The number of aromatic nitrogens is 1. The highest BCUT2D eigenvalue weighted by molar-refractivity contribution is 5.41. The van der Waals surface area contributed by atoms with E-state index in [1.54, 1.807) is 0 Å². The van der Waals surface area contributed by atoms with Crippen LogP contribution in [0.5, 0.6) is 0 Å². The van der Waals surface area contributed by atoms with Gasteiger partial charge in [-0.15, -0.1) is 0 Å². The Morgan fingerprint density at radius 3 is 3.00 bits per heavy atom. The fourth-order valence-corrected chi connectivity index (χ4v) is 2.75. The fraction of sp³-hybridized carbons (Fsp3) is 0.615. The molecule has 4 nitrogen and oxygen atoms in total. The van der Waals surface area contributed by atoms with E-state index >= 15 is 0 Å². The van der Waals surface area contributed by atoms with Gasteiger partial charge in [-0.3, -0.25) is 4.90 Å². The van der Waals surface area contributed by atoms with E-state index in [4.69, 9.17) is 4.74 Å². The van der Waals surface area contributed by atoms with Crippen LogP contribution in [0.15, 0.2) is 18.2 Å². The van der Waals surface area contributed by atoms with E-state index < -0.39 is 0 Å². The second kappa shape index (κ2) is 4.27. The summed E-state index contributed by atoms with van der Waals surface area (Å²) in [5, 5.41) is 0. The summed E-state index contributed by atoms with van der Waals surface area (Å²) in [6, 6.07) is 6.72. The van der Waals surface area contributed by atoms with Crippen LogP contribution in [-0.2, 0) is 4.74 Å². The minimum atomic E-state index is 0.344. The van der Waals surface area contributed by atoms with Crippen LogP contribution in [-0.4, -0.2) is 55.3 Å². The number of anilines is 1. The van der Waals surface area contributed by atoms with E-state index in [9.17, 15) is 0 Å². The first-order valence-corrected chi connectivity index (χ1v) is 6.24. The molecule has 0 bridgehead atoms. The molecular formula is C13H19N3O. The first kappa shape index (κ1) is 11.0. The zero-order chi connectivity index (χ0) is 11.8. The van der Waals surface area contributed by atoms with Crippen LogP contribution < -0.4 is 4.90 Å². The number of hydrogen-bond donors (Lipinski definition) is 0. The second-order valence-electron chi connectivity index (χ2n) is 5.00. The van der Waals surface area contributed by atoms with Crippen LogP contribution in [0.1, 0.15) is 5.69 Å². The molecule has 1 aromatic rings. The van der Waals surface area contributed by atoms with E-state index in [1.807, 2.05) is 13.0 Å². The average Bonchev–Trinajstić information content (AvgIpc) is 2.74. The van der Waals surface area contributed by atoms with Crippen LogP contribution in [0.25, 0.3) is 0 Å². The van der Waals surface area contributed by atoms with Gasteiger partial charge in [-0.1, -0.05) is 6.07 Å². The lowest BCUT2D eigenvalue weighted by Gasteiger charge is -2.33. The number of morpholine rings is 1. The molecule has 2 saturated heterocycles. The Hall–Kier alpha value is -1.13. The normalized spacial score (nSPS) is 29.4. The maximum absolute atomic E-state index is 5.84. The number of pyridine rings is 1. The molecule has 0 radical (unpaired) electrons. The molecule has 1 aromatic heterocycles. The summed E-state index contributed by atoms with van der Waals surface area (Å²) >= 11 is 0. The van der Waals surface area contributed by atoms with E-state index in [2.05, 4.69) is 34.0 Å². The third-order valence-electron chi connectivity index (χ3n) is 3.78. The van der Waals surface area contributed by atoms with Crippen molar-refractivity contribution in [3.05, 3.63) is 23.9 Å². The molecule has 2 fully saturated rings. The van der Waals surface area contributed by atoms with Gasteiger partial charge in [0.2, 0.25) is 0 Å². The van der Waals surface area contributed by atoms with Crippen molar-refractivity contribution in [3.63, 3.8) is 0 Å². The highest BCUT2D eigenvalue weighted by atomic mass is 16.5. The zero-order valence-corrected chi connectivity index (χ0v) is 10.5. The summed E-state index contributed by atoms with van der Waals surface area (Å²) in [6.45, 7) is 5.92. The molecule has 0 N–H and O–H groups in total. The molecule has 0 unspecified atom stereocenters. The number of likely N-dealkylation sites (N-methyl/N-ethyl adjacent to an activating group) is 1.